The Bertz CT molecular complexity index is 5660. The standard InChI is InChI=1S/C114H123NOS6/c1-7-13-19-31-71-112(72-32-20-14-8-2)100-78-83(103-68-62-93(120-103)53-52-89-42-37-77-117-89)46-65-97(100)106-109(112)107-99-67-48-85(105-70-64-95(122-105)59-57-92-60-61-96(81-116)119-92)80-102(99)114(75-35-23-17-11-5,76-36-24-18-12-6)111(107)108-98-66-47-84(79-101(98)113(110(106)108,73-33-21-15-9-3)74-34-22-16-10-4)104-69-63-94(121-104)58-56-91-55-54-90(118-91)51-45-82-43-49-88(50-44-82)115(86-38-27-25-28-39-86)87-40-29-26-30-41-87/h25-30,37-70,77-81H,7-24,31-36,71-76H2,1-6H3/b51-45+,53-52+,58-56+,59-57+. The first-order valence-corrected chi connectivity index (χ1v) is 51.5. The quantitative estimate of drug-likeness (QED) is 0.0280. The van der Waals surface area contributed by atoms with Gasteiger partial charge in [0.1, 0.15) is 0 Å². The van der Waals surface area contributed by atoms with Gasteiger partial charge in [-0.15, -0.1) is 68.0 Å². The van der Waals surface area contributed by atoms with Crippen LogP contribution in [0.1, 0.15) is 317 Å². The largest absolute Gasteiger partial charge is 0.311 e. The zero-order chi connectivity index (χ0) is 83.7. The van der Waals surface area contributed by atoms with E-state index in [1.54, 1.807) is 61.4 Å². The molecule has 13 aromatic rings. The van der Waals surface area contributed by atoms with Crippen molar-refractivity contribution in [1.82, 2.24) is 0 Å². The van der Waals surface area contributed by atoms with Crippen molar-refractivity contribution in [2.75, 3.05) is 4.90 Å². The number of anilines is 3. The molecule has 8 heteroatoms. The smallest absolute Gasteiger partial charge is 0.160 e. The van der Waals surface area contributed by atoms with Crippen LogP contribution in [0.2, 0.25) is 0 Å². The Kier molecular flexibility index (Phi) is 29.4. The number of hydrogen-bond donors (Lipinski definition) is 0. The second-order valence-electron chi connectivity index (χ2n) is 34.8. The van der Waals surface area contributed by atoms with Gasteiger partial charge in [0.2, 0.25) is 0 Å². The van der Waals surface area contributed by atoms with Crippen molar-refractivity contribution in [2.24, 2.45) is 0 Å². The van der Waals surface area contributed by atoms with Crippen molar-refractivity contribution in [3.8, 4) is 64.7 Å². The Hall–Kier alpha value is -8.83. The fourth-order valence-corrected chi connectivity index (χ4v) is 25.5. The average molecular weight is 1720 g/mol. The maximum atomic E-state index is 11.8. The van der Waals surface area contributed by atoms with Crippen molar-refractivity contribution in [3.05, 3.63) is 296 Å². The van der Waals surface area contributed by atoms with E-state index in [4.69, 9.17) is 0 Å². The molecule has 2 nitrogen and oxygen atoms in total. The van der Waals surface area contributed by atoms with Crippen molar-refractivity contribution >= 4 is 140 Å². The third-order valence-corrected chi connectivity index (χ3v) is 32.8. The fourth-order valence-electron chi connectivity index (χ4n) is 20.6. The van der Waals surface area contributed by atoms with E-state index in [1.807, 2.05) is 62.8 Å². The number of benzene rings is 7. The molecule has 0 radical (unpaired) electrons. The Morgan fingerprint density at radius 3 is 0.893 bits per heavy atom. The summed E-state index contributed by atoms with van der Waals surface area (Å²) in [4.78, 5) is 27.7. The van der Waals surface area contributed by atoms with Gasteiger partial charge in [0, 0.05) is 82.1 Å². The predicted molar refractivity (Wildman–Crippen MR) is 543 cm³/mol. The van der Waals surface area contributed by atoms with E-state index in [-0.39, 0.29) is 16.2 Å². The van der Waals surface area contributed by atoms with E-state index < -0.39 is 0 Å². The lowest BCUT2D eigenvalue weighted by molar-refractivity contribution is 0.112. The molecule has 3 aliphatic carbocycles. The lowest BCUT2D eigenvalue weighted by Crippen LogP contribution is -2.31. The summed E-state index contributed by atoms with van der Waals surface area (Å²) in [6.07, 6.45) is 55.9. The van der Waals surface area contributed by atoms with Crippen LogP contribution in [0.4, 0.5) is 17.1 Å². The Labute approximate surface area is 754 Å². The molecular weight excluding hydrogens is 1590 g/mol. The molecule has 0 unspecified atom stereocenters. The van der Waals surface area contributed by atoms with E-state index in [0.717, 1.165) is 71.6 Å². The molecule has 6 heterocycles. The van der Waals surface area contributed by atoms with Crippen LogP contribution in [0.25, 0.3) is 113 Å². The fraction of sp³-hybridized carbons (Fsp3) is 0.342. The van der Waals surface area contributed by atoms with Crippen LogP contribution in [0.3, 0.4) is 0 Å². The van der Waals surface area contributed by atoms with E-state index in [1.165, 1.54) is 237 Å². The topological polar surface area (TPSA) is 20.3 Å². The SMILES string of the molecule is CCCCCCC1(CCCCCC)c2cc(-c3ccc(/C=C/c4cccs4)s3)ccc2-c2c1c1c(c3c2C(CCCCCC)(CCCCCC)c2cc(-c4ccc(/C=C/c5ccc(/C=C/c6ccc(N(c7ccccc7)c7ccccc7)cc6)s5)s4)ccc2-3)C(CCCCCC)(CCCCCC)c2cc(-c3ccc(/C=C/c4ccc(C=O)s4)s3)ccc2-1. The zero-order valence-electron chi connectivity index (χ0n) is 73.0. The minimum absolute atomic E-state index is 0.220. The van der Waals surface area contributed by atoms with E-state index in [0.29, 0.717) is 0 Å². The Morgan fingerprint density at radius 2 is 0.574 bits per heavy atom. The van der Waals surface area contributed by atoms with Crippen LogP contribution in [-0.4, -0.2) is 6.29 Å². The number of unbranched alkanes of at least 4 members (excludes halogenated alkanes) is 18. The third-order valence-electron chi connectivity index (χ3n) is 26.6. The van der Waals surface area contributed by atoms with Gasteiger partial charge >= 0.3 is 0 Å². The predicted octanol–water partition coefficient (Wildman–Crippen LogP) is 37.6. The molecule has 626 valence electrons. The van der Waals surface area contributed by atoms with Crippen LogP contribution in [0.5, 0.6) is 0 Å². The zero-order valence-corrected chi connectivity index (χ0v) is 77.9. The maximum absolute atomic E-state index is 11.8. The van der Waals surface area contributed by atoms with Gasteiger partial charge in [0.15, 0.2) is 6.29 Å². The number of carbonyl (C=O) groups excluding carboxylic acids is 1. The van der Waals surface area contributed by atoms with Crippen LogP contribution in [0, 0.1) is 0 Å². The molecule has 0 fully saturated rings. The van der Waals surface area contributed by atoms with Crippen molar-refractivity contribution in [2.45, 2.75) is 250 Å². The monoisotopic (exact) mass is 1710 g/mol. The second-order valence-corrected chi connectivity index (χ2v) is 41.4. The van der Waals surface area contributed by atoms with Gasteiger partial charge in [0.05, 0.1) is 4.88 Å². The lowest BCUT2D eigenvalue weighted by atomic mass is 9.63. The first kappa shape index (κ1) is 86.7. The molecule has 16 rings (SSSR count). The van der Waals surface area contributed by atoms with Crippen molar-refractivity contribution < 1.29 is 4.79 Å². The summed E-state index contributed by atoms with van der Waals surface area (Å²) in [6.45, 7) is 14.5. The first-order valence-electron chi connectivity index (χ1n) is 46.5. The molecule has 0 atom stereocenters. The summed E-state index contributed by atoms with van der Waals surface area (Å²) >= 11 is 11.1. The van der Waals surface area contributed by atoms with Crippen LogP contribution < -0.4 is 4.90 Å². The molecular formula is C114H123NOS6. The number of nitrogens with zero attached hydrogens (tertiary/aromatic N) is 1. The summed E-state index contributed by atoms with van der Waals surface area (Å²) < 4.78 is 0. The van der Waals surface area contributed by atoms with Gasteiger partial charge in [-0.1, -0.05) is 293 Å². The summed E-state index contributed by atoms with van der Waals surface area (Å²) in [5.74, 6) is 0. The number of carbonyl (C=O) groups is 1. The number of rotatable bonds is 45. The molecule has 3 aliphatic rings. The maximum Gasteiger partial charge on any atom is 0.160 e. The van der Waals surface area contributed by atoms with Gasteiger partial charge in [0.25, 0.3) is 0 Å². The molecule has 0 saturated carbocycles. The van der Waals surface area contributed by atoms with Crippen LogP contribution in [-0.2, 0) is 16.2 Å². The van der Waals surface area contributed by atoms with Crippen LogP contribution in [0.15, 0.2) is 218 Å². The highest BCUT2D eigenvalue weighted by Gasteiger charge is 2.58. The Morgan fingerprint density at radius 1 is 0.270 bits per heavy atom. The van der Waals surface area contributed by atoms with E-state index in [2.05, 4.69) is 307 Å². The highest BCUT2D eigenvalue weighted by Crippen LogP contribution is 2.72. The molecule has 0 aliphatic heterocycles. The minimum atomic E-state index is -0.233. The number of aldehydes is 1. The van der Waals surface area contributed by atoms with Crippen molar-refractivity contribution in [3.63, 3.8) is 0 Å². The molecule has 0 amide bonds. The van der Waals surface area contributed by atoms with Crippen LogP contribution >= 0.6 is 68.0 Å². The van der Waals surface area contributed by atoms with Gasteiger partial charge in [-0.25, -0.2) is 0 Å². The highest BCUT2D eigenvalue weighted by atomic mass is 32.1. The van der Waals surface area contributed by atoms with Gasteiger partial charge in [-0.05, 0) is 297 Å². The summed E-state index contributed by atoms with van der Waals surface area (Å²) in [6, 6.07) is 81.9. The molecule has 122 heavy (non-hydrogen) atoms. The third kappa shape index (κ3) is 18.8. The number of fused-ring (bicyclic) bond motifs is 12. The molecule has 0 bridgehead atoms. The molecule has 6 aromatic heterocycles. The summed E-state index contributed by atoms with van der Waals surface area (Å²) in [5.41, 5.74) is 27.5. The molecule has 7 aromatic carbocycles. The summed E-state index contributed by atoms with van der Waals surface area (Å²) in [7, 11) is 0. The minimum Gasteiger partial charge on any atom is -0.311 e. The van der Waals surface area contributed by atoms with Gasteiger partial charge in [-0.2, -0.15) is 0 Å². The van der Waals surface area contributed by atoms with E-state index >= 15 is 0 Å². The normalized spacial score (nSPS) is 13.9. The number of hydrogen-bond acceptors (Lipinski definition) is 8. The second kappa shape index (κ2) is 41.3. The highest BCUT2D eigenvalue weighted by molar-refractivity contribution is 7.17. The lowest BCUT2D eigenvalue weighted by Gasteiger charge is -2.40. The molecule has 0 N–H and O–H groups in total. The first-order chi connectivity index (χ1) is 60.1. The molecule has 0 spiro atoms. The van der Waals surface area contributed by atoms with Gasteiger partial charge < -0.3 is 4.90 Å². The number of para-hydroxylation sites is 2. The molecule has 0 saturated heterocycles. The number of thiophene rings is 6. The van der Waals surface area contributed by atoms with Crippen molar-refractivity contribution in [1.29, 1.82) is 0 Å². The van der Waals surface area contributed by atoms with E-state index in [9.17, 15) is 4.79 Å². The van der Waals surface area contributed by atoms with Gasteiger partial charge in [-0.3, -0.25) is 4.79 Å². The Balaban J connectivity index is 0.878. The summed E-state index contributed by atoms with van der Waals surface area (Å²) in [5, 5.41) is 2.19. The average Bonchev–Trinajstić information content (AvgIpc) is 1.48.